The largest absolute Gasteiger partial charge is 0.494 e. The highest BCUT2D eigenvalue weighted by molar-refractivity contribution is 9.10. The molecular weight excluding hydrogens is 345 g/mol. The van der Waals surface area contributed by atoms with Crippen molar-refractivity contribution < 1.29 is 9.13 Å². The van der Waals surface area contributed by atoms with Gasteiger partial charge < -0.3 is 10.5 Å². The Bertz CT molecular complexity index is 601. The molecule has 2 N–H and O–H groups in total. The van der Waals surface area contributed by atoms with Crippen LogP contribution >= 0.6 is 27.5 Å². The van der Waals surface area contributed by atoms with Gasteiger partial charge in [0.2, 0.25) is 0 Å². The minimum atomic E-state index is -0.692. The van der Waals surface area contributed by atoms with Crippen LogP contribution in [0.4, 0.5) is 4.39 Å². The minimum Gasteiger partial charge on any atom is -0.494 e. The molecular formula is C15H14BrClFNO. The van der Waals surface area contributed by atoms with E-state index in [-0.39, 0.29) is 5.56 Å². The molecule has 0 spiro atoms. The number of benzene rings is 2. The Hall–Kier alpha value is -1.10. The zero-order valence-electron chi connectivity index (χ0n) is 10.9. The fraction of sp³-hybridized carbons (Fsp3) is 0.200. The van der Waals surface area contributed by atoms with Gasteiger partial charge in [-0.3, -0.25) is 0 Å². The summed E-state index contributed by atoms with van der Waals surface area (Å²) in [5, 5.41) is 0.305. The molecule has 0 heterocycles. The number of hydrogen-bond acceptors (Lipinski definition) is 2. The molecule has 0 aliphatic rings. The summed E-state index contributed by atoms with van der Waals surface area (Å²) in [4.78, 5) is 0. The van der Waals surface area contributed by atoms with E-state index < -0.39 is 11.9 Å². The first-order valence-electron chi connectivity index (χ1n) is 6.16. The van der Waals surface area contributed by atoms with Gasteiger partial charge in [-0.25, -0.2) is 4.39 Å². The average molecular weight is 359 g/mol. The first-order valence-corrected chi connectivity index (χ1v) is 7.33. The van der Waals surface area contributed by atoms with Crippen molar-refractivity contribution in [2.45, 2.75) is 13.0 Å². The Kier molecular flexibility index (Phi) is 5.02. The van der Waals surface area contributed by atoms with Gasteiger partial charge in [0.05, 0.1) is 12.6 Å². The summed E-state index contributed by atoms with van der Waals surface area (Å²) in [5.41, 5.74) is 7.15. The van der Waals surface area contributed by atoms with Crippen molar-refractivity contribution in [1.29, 1.82) is 0 Å². The Morgan fingerprint density at radius 2 is 2.10 bits per heavy atom. The number of nitrogens with two attached hydrogens (primary N) is 1. The van der Waals surface area contributed by atoms with Gasteiger partial charge in [-0.05, 0) is 37.3 Å². The topological polar surface area (TPSA) is 35.2 Å². The maximum Gasteiger partial charge on any atom is 0.129 e. The van der Waals surface area contributed by atoms with Crippen LogP contribution in [-0.2, 0) is 0 Å². The van der Waals surface area contributed by atoms with Crippen molar-refractivity contribution in [3.05, 3.63) is 62.8 Å². The van der Waals surface area contributed by atoms with E-state index in [0.29, 0.717) is 22.9 Å². The smallest absolute Gasteiger partial charge is 0.129 e. The molecule has 0 aromatic heterocycles. The molecule has 2 rings (SSSR count). The lowest BCUT2D eigenvalue weighted by Gasteiger charge is -2.19. The van der Waals surface area contributed by atoms with E-state index in [2.05, 4.69) is 15.9 Å². The second kappa shape index (κ2) is 6.57. The molecule has 0 bridgehead atoms. The molecule has 0 aliphatic heterocycles. The zero-order chi connectivity index (χ0) is 14.7. The van der Waals surface area contributed by atoms with Crippen molar-refractivity contribution in [2.75, 3.05) is 6.61 Å². The van der Waals surface area contributed by atoms with Gasteiger partial charge >= 0.3 is 0 Å². The first-order chi connectivity index (χ1) is 9.54. The quantitative estimate of drug-likeness (QED) is 0.860. The highest BCUT2D eigenvalue weighted by Gasteiger charge is 2.20. The minimum absolute atomic E-state index is 0.271. The Morgan fingerprint density at radius 1 is 1.35 bits per heavy atom. The number of hydrogen-bond donors (Lipinski definition) is 1. The molecule has 20 heavy (non-hydrogen) atoms. The van der Waals surface area contributed by atoms with E-state index in [4.69, 9.17) is 22.1 Å². The van der Waals surface area contributed by atoms with Crippen molar-refractivity contribution in [2.24, 2.45) is 5.73 Å². The van der Waals surface area contributed by atoms with Crippen LogP contribution in [0.2, 0.25) is 5.02 Å². The van der Waals surface area contributed by atoms with E-state index in [1.165, 1.54) is 6.07 Å². The highest BCUT2D eigenvalue weighted by Crippen LogP contribution is 2.35. The normalized spacial score (nSPS) is 12.2. The molecule has 0 aliphatic carbocycles. The predicted molar refractivity (Wildman–Crippen MR) is 82.8 cm³/mol. The Balaban J connectivity index is 2.52. The fourth-order valence-electron chi connectivity index (χ4n) is 2.01. The number of rotatable bonds is 4. The molecule has 0 saturated carbocycles. The van der Waals surface area contributed by atoms with Crippen molar-refractivity contribution in [1.82, 2.24) is 0 Å². The van der Waals surface area contributed by atoms with E-state index >= 15 is 0 Å². The van der Waals surface area contributed by atoms with Crippen LogP contribution in [0.3, 0.4) is 0 Å². The molecule has 2 aromatic rings. The highest BCUT2D eigenvalue weighted by atomic mass is 79.9. The number of ether oxygens (including phenoxy) is 1. The lowest BCUT2D eigenvalue weighted by atomic mass is 9.98. The summed E-state index contributed by atoms with van der Waals surface area (Å²) in [7, 11) is 0. The second-order valence-corrected chi connectivity index (χ2v) is 5.55. The van der Waals surface area contributed by atoms with Crippen LogP contribution in [0.25, 0.3) is 0 Å². The van der Waals surface area contributed by atoms with Crippen LogP contribution in [0, 0.1) is 5.82 Å². The molecule has 2 nitrogen and oxygen atoms in total. The summed E-state index contributed by atoms with van der Waals surface area (Å²) in [5.74, 6) is 0.204. The SMILES string of the molecule is CCOc1ccc(Br)cc1C(N)c1c(F)cccc1Cl. The first kappa shape index (κ1) is 15.3. The summed E-state index contributed by atoms with van der Waals surface area (Å²) in [6, 6.07) is 9.30. The van der Waals surface area contributed by atoms with E-state index in [1.807, 2.05) is 19.1 Å². The van der Waals surface area contributed by atoms with Crippen LogP contribution in [-0.4, -0.2) is 6.61 Å². The van der Waals surface area contributed by atoms with Gasteiger partial charge in [0.1, 0.15) is 11.6 Å². The molecule has 106 valence electrons. The molecule has 5 heteroatoms. The molecule has 0 radical (unpaired) electrons. The van der Waals surface area contributed by atoms with Crippen molar-refractivity contribution in [3.8, 4) is 5.75 Å². The lowest BCUT2D eigenvalue weighted by Crippen LogP contribution is -2.16. The lowest BCUT2D eigenvalue weighted by molar-refractivity contribution is 0.335. The third kappa shape index (κ3) is 3.14. The maximum absolute atomic E-state index is 14.0. The standard InChI is InChI=1S/C15H14BrClFNO/c1-2-20-13-7-6-9(16)8-10(13)15(19)14-11(17)4-3-5-12(14)18/h3-8,15H,2,19H2,1H3. The van der Waals surface area contributed by atoms with Gasteiger partial charge in [0, 0.05) is 20.6 Å². The van der Waals surface area contributed by atoms with Gasteiger partial charge in [0.15, 0.2) is 0 Å². The van der Waals surface area contributed by atoms with Crippen LogP contribution in [0.15, 0.2) is 40.9 Å². The number of halogens is 3. The second-order valence-electron chi connectivity index (χ2n) is 4.23. The van der Waals surface area contributed by atoms with E-state index in [1.54, 1.807) is 18.2 Å². The summed E-state index contributed by atoms with van der Waals surface area (Å²) >= 11 is 9.46. The molecule has 1 unspecified atom stereocenters. The zero-order valence-corrected chi connectivity index (χ0v) is 13.2. The van der Waals surface area contributed by atoms with Gasteiger partial charge in [-0.15, -0.1) is 0 Å². The predicted octanol–water partition coefficient (Wildman–Crippen LogP) is 4.69. The fourth-order valence-corrected chi connectivity index (χ4v) is 2.67. The third-order valence-electron chi connectivity index (χ3n) is 2.92. The van der Waals surface area contributed by atoms with Gasteiger partial charge in [0.25, 0.3) is 0 Å². The van der Waals surface area contributed by atoms with Crippen molar-refractivity contribution >= 4 is 27.5 Å². The average Bonchev–Trinajstić information content (AvgIpc) is 2.40. The van der Waals surface area contributed by atoms with Crippen LogP contribution in [0.1, 0.15) is 24.1 Å². The maximum atomic E-state index is 14.0. The van der Waals surface area contributed by atoms with Crippen molar-refractivity contribution in [3.63, 3.8) is 0 Å². The Labute approximate surface area is 130 Å². The molecule has 0 amide bonds. The third-order valence-corrected chi connectivity index (χ3v) is 3.74. The molecule has 0 saturated heterocycles. The van der Waals surface area contributed by atoms with Crippen LogP contribution < -0.4 is 10.5 Å². The van der Waals surface area contributed by atoms with E-state index in [9.17, 15) is 4.39 Å². The Morgan fingerprint density at radius 3 is 2.75 bits per heavy atom. The molecule has 0 fully saturated rings. The molecule has 2 aromatic carbocycles. The van der Waals surface area contributed by atoms with Crippen LogP contribution in [0.5, 0.6) is 5.75 Å². The monoisotopic (exact) mass is 357 g/mol. The molecule has 1 atom stereocenters. The summed E-state index contributed by atoms with van der Waals surface area (Å²) in [6.07, 6.45) is 0. The summed E-state index contributed by atoms with van der Waals surface area (Å²) in [6.45, 7) is 2.39. The van der Waals surface area contributed by atoms with Gasteiger partial charge in [-0.1, -0.05) is 33.6 Å². The van der Waals surface area contributed by atoms with Gasteiger partial charge in [-0.2, -0.15) is 0 Å². The van der Waals surface area contributed by atoms with E-state index in [0.717, 1.165) is 4.47 Å². The summed E-state index contributed by atoms with van der Waals surface area (Å²) < 4.78 is 20.4.